The molecule has 1 aliphatic rings. The van der Waals surface area contributed by atoms with E-state index in [1.54, 1.807) is 55.6 Å². The SMILES string of the molecule is COc1ccc(-c2c([18F])c(C(=O)NN3CCCCC3)nn2-c2ccccc2Cl)cc1. The maximum atomic E-state index is 15.5. The molecule has 0 unspecified atom stereocenters. The van der Waals surface area contributed by atoms with Gasteiger partial charge in [0, 0.05) is 18.7 Å². The number of halogens is 2. The Kier molecular flexibility index (Phi) is 6.01. The van der Waals surface area contributed by atoms with E-state index in [4.69, 9.17) is 16.3 Å². The third kappa shape index (κ3) is 4.04. The number of methoxy groups -OCH3 is 1. The topological polar surface area (TPSA) is 59.4 Å². The lowest BCUT2D eigenvalue weighted by Crippen LogP contribution is -2.45. The van der Waals surface area contributed by atoms with Gasteiger partial charge in [-0.1, -0.05) is 30.2 Å². The highest BCUT2D eigenvalue weighted by Crippen LogP contribution is 2.31. The smallest absolute Gasteiger partial charge is 0.289 e. The van der Waals surface area contributed by atoms with E-state index >= 15 is 4.39 Å². The first kappa shape index (κ1) is 20.4. The Morgan fingerprint density at radius 3 is 2.47 bits per heavy atom. The van der Waals surface area contributed by atoms with Gasteiger partial charge in [0.1, 0.15) is 11.4 Å². The van der Waals surface area contributed by atoms with E-state index < -0.39 is 11.7 Å². The van der Waals surface area contributed by atoms with E-state index in [0.717, 1.165) is 32.4 Å². The van der Waals surface area contributed by atoms with Gasteiger partial charge in [0.25, 0.3) is 5.91 Å². The van der Waals surface area contributed by atoms with Crippen LogP contribution in [0.25, 0.3) is 16.9 Å². The van der Waals surface area contributed by atoms with Crippen LogP contribution in [0.1, 0.15) is 29.8 Å². The third-order valence-corrected chi connectivity index (χ3v) is 5.42. The normalized spacial score (nSPS) is 14.5. The maximum Gasteiger partial charge on any atom is 0.289 e. The standard InChI is InChI=1S/C22H22ClFN4O2/c1-30-16-11-9-15(10-12-16)21-19(24)20(22(29)26-27-13-5-2-6-14-27)25-28(21)18-8-4-3-7-17(18)23/h3-4,7-12H,2,5-6,13-14H2,1H3,(H,26,29)/i24-1. The van der Waals surface area contributed by atoms with Gasteiger partial charge >= 0.3 is 0 Å². The van der Waals surface area contributed by atoms with Crippen LogP contribution < -0.4 is 10.2 Å². The molecule has 0 atom stereocenters. The minimum absolute atomic E-state index is 0.162. The second-order valence-corrected chi connectivity index (χ2v) is 7.50. The van der Waals surface area contributed by atoms with Gasteiger partial charge in [0.15, 0.2) is 11.5 Å². The van der Waals surface area contributed by atoms with Crippen LogP contribution in [0.15, 0.2) is 48.5 Å². The number of hydrogen-bond donors (Lipinski definition) is 1. The number of nitrogens with one attached hydrogen (secondary N) is 1. The molecular weight excluding hydrogens is 406 g/mol. The molecule has 0 radical (unpaired) electrons. The number of carbonyl (C=O) groups is 1. The molecule has 2 heterocycles. The number of hydrogen-bond acceptors (Lipinski definition) is 4. The number of ether oxygens (including phenoxy) is 1. The molecule has 1 fully saturated rings. The van der Waals surface area contributed by atoms with Crippen molar-refractivity contribution in [3.8, 4) is 22.7 Å². The molecule has 2 aromatic carbocycles. The largest absolute Gasteiger partial charge is 0.497 e. The van der Waals surface area contributed by atoms with E-state index in [-0.39, 0.29) is 11.4 Å². The first-order valence-electron chi connectivity index (χ1n) is 9.82. The Morgan fingerprint density at radius 1 is 1.10 bits per heavy atom. The van der Waals surface area contributed by atoms with Crippen molar-refractivity contribution in [1.29, 1.82) is 0 Å². The second kappa shape index (κ2) is 8.85. The molecule has 0 spiro atoms. The molecule has 0 bridgehead atoms. The van der Waals surface area contributed by atoms with Crippen LogP contribution in [0.3, 0.4) is 0 Å². The van der Waals surface area contributed by atoms with Gasteiger partial charge in [0.05, 0.1) is 17.8 Å². The molecule has 1 amide bonds. The van der Waals surface area contributed by atoms with Crippen molar-refractivity contribution in [2.75, 3.05) is 20.2 Å². The molecule has 0 aliphatic carbocycles. The van der Waals surface area contributed by atoms with Gasteiger partial charge in [-0.05, 0) is 49.2 Å². The van der Waals surface area contributed by atoms with Gasteiger partial charge in [0.2, 0.25) is 0 Å². The molecule has 1 N–H and O–H groups in total. The first-order valence-corrected chi connectivity index (χ1v) is 10.2. The molecule has 4 rings (SSSR count). The van der Waals surface area contributed by atoms with Crippen molar-refractivity contribution in [3.63, 3.8) is 0 Å². The Hall–Kier alpha value is -2.90. The van der Waals surface area contributed by atoms with Gasteiger partial charge in [-0.2, -0.15) is 5.10 Å². The van der Waals surface area contributed by atoms with E-state index in [1.165, 1.54) is 4.68 Å². The summed E-state index contributed by atoms with van der Waals surface area (Å²) >= 11 is 6.35. The molecule has 0 saturated carbocycles. The Balaban J connectivity index is 1.78. The Morgan fingerprint density at radius 2 is 1.80 bits per heavy atom. The van der Waals surface area contributed by atoms with E-state index in [1.807, 2.05) is 5.01 Å². The fraction of sp³-hybridized carbons (Fsp3) is 0.273. The lowest BCUT2D eigenvalue weighted by Gasteiger charge is -2.26. The molecule has 3 aromatic rings. The second-order valence-electron chi connectivity index (χ2n) is 7.09. The van der Waals surface area contributed by atoms with E-state index in [2.05, 4.69) is 10.5 Å². The van der Waals surface area contributed by atoms with Gasteiger partial charge in [-0.15, -0.1) is 0 Å². The minimum Gasteiger partial charge on any atom is -0.497 e. The Bertz CT molecular complexity index is 1050. The highest BCUT2D eigenvalue weighted by Gasteiger charge is 2.27. The number of benzene rings is 2. The van der Waals surface area contributed by atoms with Crippen LogP contribution in [0.4, 0.5) is 4.39 Å². The van der Waals surface area contributed by atoms with Gasteiger partial charge in [-0.3, -0.25) is 10.2 Å². The van der Waals surface area contributed by atoms with Crippen LogP contribution in [-0.2, 0) is 0 Å². The molecule has 30 heavy (non-hydrogen) atoms. The molecule has 1 aromatic heterocycles. The lowest BCUT2D eigenvalue weighted by molar-refractivity contribution is 0.0740. The number of piperidine rings is 1. The monoisotopic (exact) mass is 427 g/mol. The van der Waals surface area contributed by atoms with Crippen molar-refractivity contribution in [3.05, 3.63) is 65.1 Å². The number of para-hydroxylation sites is 1. The van der Waals surface area contributed by atoms with Gasteiger partial charge < -0.3 is 4.74 Å². The van der Waals surface area contributed by atoms with E-state index in [9.17, 15) is 4.79 Å². The van der Waals surface area contributed by atoms with Crippen LogP contribution in [-0.4, -0.2) is 40.9 Å². The summed E-state index contributed by atoms with van der Waals surface area (Å²) in [5, 5.41) is 6.53. The van der Waals surface area contributed by atoms with Crippen LogP contribution in [0.2, 0.25) is 5.02 Å². The number of amides is 1. The van der Waals surface area contributed by atoms with Crippen molar-refractivity contribution in [2.45, 2.75) is 19.3 Å². The average Bonchev–Trinajstić information content (AvgIpc) is 3.12. The summed E-state index contributed by atoms with van der Waals surface area (Å²) in [4.78, 5) is 12.8. The summed E-state index contributed by atoms with van der Waals surface area (Å²) in [6, 6.07) is 13.9. The number of aromatic nitrogens is 2. The predicted molar refractivity (Wildman–Crippen MR) is 113 cm³/mol. The molecule has 1 aliphatic heterocycles. The fourth-order valence-corrected chi connectivity index (χ4v) is 3.76. The van der Waals surface area contributed by atoms with Crippen molar-refractivity contribution >= 4 is 17.5 Å². The number of hydrazine groups is 1. The molecule has 1 saturated heterocycles. The third-order valence-electron chi connectivity index (χ3n) is 5.10. The predicted octanol–water partition coefficient (Wildman–Crippen LogP) is 4.47. The molecule has 156 valence electrons. The molecule has 8 heteroatoms. The first-order chi connectivity index (χ1) is 14.6. The average molecular weight is 428 g/mol. The Labute approximate surface area is 179 Å². The van der Waals surface area contributed by atoms with Crippen molar-refractivity contribution in [1.82, 2.24) is 20.2 Å². The summed E-state index contributed by atoms with van der Waals surface area (Å²) in [7, 11) is 1.56. The zero-order valence-corrected chi connectivity index (χ0v) is 17.3. The molecular formula is C22H22ClFN4O2. The fourth-order valence-electron chi connectivity index (χ4n) is 3.54. The highest BCUT2D eigenvalue weighted by atomic mass is 35.5. The number of nitrogens with zero attached hydrogens (tertiary/aromatic N) is 3. The van der Waals surface area contributed by atoms with Crippen LogP contribution in [0, 0.1) is 5.82 Å². The summed E-state index contributed by atoms with van der Waals surface area (Å²) in [5.41, 5.74) is 3.71. The summed E-state index contributed by atoms with van der Waals surface area (Å²) in [6.07, 6.45) is 3.12. The van der Waals surface area contributed by atoms with Crippen LogP contribution in [0.5, 0.6) is 5.75 Å². The maximum absolute atomic E-state index is 15.5. The summed E-state index contributed by atoms with van der Waals surface area (Å²) in [6.45, 7) is 1.48. The quantitative estimate of drug-likeness (QED) is 0.652. The van der Waals surface area contributed by atoms with Gasteiger partial charge in [-0.25, -0.2) is 14.1 Å². The molecule has 6 nitrogen and oxygen atoms in total. The van der Waals surface area contributed by atoms with E-state index in [0.29, 0.717) is 22.0 Å². The zero-order chi connectivity index (χ0) is 21.1. The van der Waals surface area contributed by atoms with Crippen molar-refractivity contribution < 1.29 is 13.9 Å². The summed E-state index contributed by atoms with van der Waals surface area (Å²) in [5.74, 6) is -0.629. The summed E-state index contributed by atoms with van der Waals surface area (Å²) < 4.78 is 22.1. The zero-order valence-electron chi connectivity index (χ0n) is 16.6. The van der Waals surface area contributed by atoms with Crippen molar-refractivity contribution in [2.24, 2.45) is 0 Å². The highest BCUT2D eigenvalue weighted by molar-refractivity contribution is 6.32. The lowest BCUT2D eigenvalue weighted by atomic mass is 10.1. The number of rotatable bonds is 5. The number of carbonyl (C=O) groups excluding carboxylic acids is 1. The van der Waals surface area contributed by atoms with Crippen LogP contribution >= 0.6 is 11.6 Å². The minimum atomic E-state index is -0.699.